The standard InChI is InChI=1S/C17H26N4O/c1-11(2)17-15(16(10-22)20-21-17)8-13-4-3-12(5-6-18)7-14(13)9-19/h3-4,7,10-11,16,20-21H,5-6,8-9,18-19H2,1-2H3. The van der Waals surface area contributed by atoms with Crippen molar-refractivity contribution in [3.05, 3.63) is 46.2 Å². The molecule has 22 heavy (non-hydrogen) atoms. The quantitative estimate of drug-likeness (QED) is 0.558. The molecule has 0 saturated heterocycles. The molecule has 6 N–H and O–H groups in total. The van der Waals surface area contributed by atoms with Crippen LogP contribution in [0.3, 0.4) is 0 Å². The molecule has 1 heterocycles. The topological polar surface area (TPSA) is 93.2 Å². The maximum Gasteiger partial charge on any atom is 0.142 e. The van der Waals surface area contributed by atoms with Crippen molar-refractivity contribution in [3.63, 3.8) is 0 Å². The fourth-order valence-electron chi connectivity index (χ4n) is 2.90. The molecular weight excluding hydrogens is 276 g/mol. The Morgan fingerprint density at radius 3 is 2.64 bits per heavy atom. The molecule has 1 aromatic carbocycles. The van der Waals surface area contributed by atoms with Crippen LogP contribution in [0.2, 0.25) is 0 Å². The van der Waals surface area contributed by atoms with Crippen LogP contribution in [-0.2, 0) is 24.2 Å². The minimum Gasteiger partial charge on any atom is -0.330 e. The Morgan fingerprint density at radius 1 is 1.27 bits per heavy atom. The largest absolute Gasteiger partial charge is 0.330 e. The lowest BCUT2D eigenvalue weighted by Gasteiger charge is -2.15. The number of hydrogen-bond donors (Lipinski definition) is 4. The Kier molecular flexibility index (Phi) is 5.71. The first-order valence-electron chi connectivity index (χ1n) is 7.81. The van der Waals surface area contributed by atoms with Gasteiger partial charge in [-0.3, -0.25) is 0 Å². The van der Waals surface area contributed by atoms with Gasteiger partial charge in [-0.05, 0) is 47.6 Å². The zero-order chi connectivity index (χ0) is 16.1. The molecule has 0 aromatic heterocycles. The summed E-state index contributed by atoms with van der Waals surface area (Å²) in [5, 5.41) is 0. The average Bonchev–Trinajstić information content (AvgIpc) is 2.92. The van der Waals surface area contributed by atoms with Gasteiger partial charge in [-0.25, -0.2) is 5.43 Å². The van der Waals surface area contributed by atoms with Gasteiger partial charge in [0.1, 0.15) is 12.3 Å². The number of rotatable bonds is 7. The second-order valence-corrected chi connectivity index (χ2v) is 6.00. The third kappa shape index (κ3) is 3.55. The van der Waals surface area contributed by atoms with E-state index in [9.17, 15) is 4.79 Å². The molecule has 5 nitrogen and oxygen atoms in total. The Morgan fingerprint density at radius 2 is 2.05 bits per heavy atom. The van der Waals surface area contributed by atoms with E-state index in [1.54, 1.807) is 0 Å². The van der Waals surface area contributed by atoms with Crippen molar-refractivity contribution in [2.75, 3.05) is 6.54 Å². The Labute approximate surface area is 132 Å². The molecule has 1 aromatic rings. The molecule has 0 radical (unpaired) electrons. The highest BCUT2D eigenvalue weighted by atomic mass is 16.1. The lowest BCUT2D eigenvalue weighted by Crippen LogP contribution is -2.34. The van der Waals surface area contributed by atoms with Crippen molar-refractivity contribution in [1.29, 1.82) is 0 Å². The molecule has 0 aliphatic carbocycles. The minimum atomic E-state index is -0.272. The lowest BCUT2D eigenvalue weighted by molar-refractivity contribution is -0.108. The van der Waals surface area contributed by atoms with Gasteiger partial charge in [0.2, 0.25) is 0 Å². The van der Waals surface area contributed by atoms with E-state index in [4.69, 9.17) is 11.5 Å². The summed E-state index contributed by atoms with van der Waals surface area (Å²) in [5.41, 5.74) is 23.4. The predicted octanol–water partition coefficient (Wildman–Crippen LogP) is 0.774. The van der Waals surface area contributed by atoms with Crippen molar-refractivity contribution in [1.82, 2.24) is 10.9 Å². The zero-order valence-corrected chi connectivity index (χ0v) is 13.4. The number of aldehydes is 1. The summed E-state index contributed by atoms with van der Waals surface area (Å²) in [5.74, 6) is 0.338. The van der Waals surface area contributed by atoms with Gasteiger partial charge < -0.3 is 21.7 Å². The number of nitrogens with one attached hydrogen (secondary N) is 2. The molecule has 1 aliphatic rings. The Hall–Kier alpha value is -1.69. The molecule has 0 spiro atoms. The van der Waals surface area contributed by atoms with Gasteiger partial charge >= 0.3 is 0 Å². The summed E-state index contributed by atoms with van der Waals surface area (Å²) in [4.78, 5) is 11.3. The first-order valence-corrected chi connectivity index (χ1v) is 7.81. The van der Waals surface area contributed by atoms with Crippen molar-refractivity contribution < 1.29 is 4.79 Å². The predicted molar refractivity (Wildman–Crippen MR) is 88.8 cm³/mol. The average molecular weight is 302 g/mol. The fraction of sp³-hybridized carbons (Fsp3) is 0.471. The van der Waals surface area contributed by atoms with Gasteiger partial charge in [0.15, 0.2) is 0 Å². The van der Waals surface area contributed by atoms with Crippen LogP contribution in [-0.4, -0.2) is 18.9 Å². The normalized spacial score (nSPS) is 18.0. The lowest BCUT2D eigenvalue weighted by atomic mass is 9.91. The van der Waals surface area contributed by atoms with E-state index in [2.05, 4.69) is 42.9 Å². The summed E-state index contributed by atoms with van der Waals surface area (Å²) in [6, 6.07) is 6.07. The van der Waals surface area contributed by atoms with E-state index in [0.717, 1.165) is 36.0 Å². The number of carbonyl (C=O) groups excluding carboxylic acids is 1. The van der Waals surface area contributed by atoms with Crippen LogP contribution in [0.1, 0.15) is 30.5 Å². The van der Waals surface area contributed by atoms with Gasteiger partial charge in [0.25, 0.3) is 0 Å². The molecule has 0 saturated carbocycles. The Bertz CT molecular complexity index is 566. The first-order chi connectivity index (χ1) is 10.6. The third-order valence-corrected chi connectivity index (χ3v) is 4.10. The van der Waals surface area contributed by atoms with Gasteiger partial charge in [-0.15, -0.1) is 0 Å². The monoisotopic (exact) mass is 302 g/mol. The van der Waals surface area contributed by atoms with E-state index in [1.807, 2.05) is 0 Å². The number of hydrazine groups is 1. The van der Waals surface area contributed by atoms with Crippen molar-refractivity contribution in [3.8, 4) is 0 Å². The highest BCUT2D eigenvalue weighted by Gasteiger charge is 2.26. The summed E-state index contributed by atoms with van der Waals surface area (Å²) in [6.07, 6.45) is 2.53. The zero-order valence-electron chi connectivity index (χ0n) is 13.4. The summed E-state index contributed by atoms with van der Waals surface area (Å²) >= 11 is 0. The van der Waals surface area contributed by atoms with Crippen molar-refractivity contribution in [2.24, 2.45) is 17.4 Å². The molecule has 5 heteroatoms. The number of benzene rings is 1. The molecule has 120 valence electrons. The van der Waals surface area contributed by atoms with E-state index >= 15 is 0 Å². The van der Waals surface area contributed by atoms with Crippen LogP contribution in [0.4, 0.5) is 0 Å². The van der Waals surface area contributed by atoms with Crippen molar-refractivity contribution >= 4 is 6.29 Å². The maximum absolute atomic E-state index is 11.3. The first kappa shape index (κ1) is 16.7. The fourth-order valence-corrected chi connectivity index (χ4v) is 2.90. The minimum absolute atomic E-state index is 0.272. The number of hydrogen-bond acceptors (Lipinski definition) is 5. The van der Waals surface area contributed by atoms with E-state index < -0.39 is 0 Å². The van der Waals surface area contributed by atoms with Gasteiger partial charge in [0.05, 0.1) is 0 Å². The molecule has 2 rings (SSSR count). The molecule has 1 unspecified atom stereocenters. The second-order valence-electron chi connectivity index (χ2n) is 6.00. The van der Waals surface area contributed by atoms with Gasteiger partial charge in [-0.2, -0.15) is 0 Å². The SMILES string of the molecule is CC(C)C1=C(Cc2ccc(CCN)cc2CN)C(C=O)NN1. The van der Waals surface area contributed by atoms with Crippen LogP contribution >= 0.6 is 0 Å². The van der Waals surface area contributed by atoms with Crippen LogP contribution in [0, 0.1) is 5.92 Å². The maximum atomic E-state index is 11.3. The second kappa shape index (κ2) is 7.54. The number of carbonyl (C=O) groups is 1. The highest BCUT2D eigenvalue weighted by Crippen LogP contribution is 2.24. The van der Waals surface area contributed by atoms with Gasteiger partial charge in [0, 0.05) is 12.2 Å². The van der Waals surface area contributed by atoms with E-state index in [-0.39, 0.29) is 6.04 Å². The van der Waals surface area contributed by atoms with Crippen LogP contribution in [0.15, 0.2) is 29.5 Å². The smallest absolute Gasteiger partial charge is 0.142 e. The van der Waals surface area contributed by atoms with E-state index in [1.165, 1.54) is 11.1 Å². The van der Waals surface area contributed by atoms with Gasteiger partial charge in [-0.1, -0.05) is 32.0 Å². The van der Waals surface area contributed by atoms with Crippen LogP contribution in [0.25, 0.3) is 0 Å². The molecule has 0 amide bonds. The molecule has 1 atom stereocenters. The van der Waals surface area contributed by atoms with E-state index in [0.29, 0.717) is 19.0 Å². The summed E-state index contributed by atoms with van der Waals surface area (Å²) in [7, 11) is 0. The Balaban J connectivity index is 2.32. The number of allylic oxidation sites excluding steroid dienone is 1. The van der Waals surface area contributed by atoms with Crippen LogP contribution in [0.5, 0.6) is 0 Å². The number of nitrogens with two attached hydrogens (primary N) is 2. The van der Waals surface area contributed by atoms with Crippen molar-refractivity contribution in [2.45, 2.75) is 39.3 Å². The molecule has 0 bridgehead atoms. The van der Waals surface area contributed by atoms with Crippen LogP contribution < -0.4 is 22.3 Å². The highest BCUT2D eigenvalue weighted by molar-refractivity contribution is 5.65. The third-order valence-electron chi connectivity index (χ3n) is 4.10. The molecule has 1 aliphatic heterocycles. The molecular formula is C17H26N4O. The summed E-state index contributed by atoms with van der Waals surface area (Å²) < 4.78 is 0. The molecule has 0 fully saturated rings. The summed E-state index contributed by atoms with van der Waals surface area (Å²) in [6.45, 7) is 5.36.